The number of aliphatic hydroxyl groups excluding tert-OH is 2. The van der Waals surface area contributed by atoms with Crippen LogP contribution in [0.4, 0.5) is 0 Å². The molecule has 0 saturated heterocycles. The van der Waals surface area contributed by atoms with Crippen molar-refractivity contribution in [1.82, 2.24) is 0 Å². The molecule has 0 atom stereocenters. The highest BCUT2D eigenvalue weighted by atomic mass is 32.2. The summed E-state index contributed by atoms with van der Waals surface area (Å²) in [7, 11) is -1.13. The van der Waals surface area contributed by atoms with Gasteiger partial charge in [-0.3, -0.25) is 9.59 Å². The fraction of sp³-hybridized carbons (Fsp3) is 0.400. The number of rotatable bonds is 2. The highest BCUT2D eigenvalue weighted by Crippen LogP contribution is 2.28. The minimum atomic E-state index is -0.623. The highest BCUT2D eigenvalue weighted by Gasteiger charge is 2.46. The van der Waals surface area contributed by atoms with E-state index < -0.39 is 44.9 Å². The van der Waals surface area contributed by atoms with Crippen LogP contribution >= 0.6 is 0 Å². The fourth-order valence-corrected chi connectivity index (χ4v) is 3.29. The van der Waals surface area contributed by atoms with Crippen molar-refractivity contribution < 1.29 is 19.8 Å². The van der Waals surface area contributed by atoms with E-state index in [0.29, 0.717) is 0 Å². The lowest BCUT2D eigenvalue weighted by molar-refractivity contribution is -0.119. The standard InChI is InChI=1S/C10H12O4S2/c1-15(2)9-5(11)7(13)10(16(3)4)8(14)6(9)12/h1-4H3/p+2. The predicted octanol–water partition coefficient (Wildman–Crippen LogP) is 0.433. The summed E-state index contributed by atoms with van der Waals surface area (Å²) >= 11 is 0. The first-order valence-corrected chi connectivity index (χ1v) is 8.48. The summed E-state index contributed by atoms with van der Waals surface area (Å²) in [6.07, 6.45) is 6.86. The number of hydrogen-bond acceptors (Lipinski definition) is 4. The van der Waals surface area contributed by atoms with Crippen LogP contribution < -0.4 is 0 Å². The predicted molar refractivity (Wildman–Crippen MR) is 67.7 cm³/mol. The van der Waals surface area contributed by atoms with E-state index in [9.17, 15) is 19.8 Å². The Bertz CT molecular complexity index is 379. The Balaban J connectivity index is 3.37. The molecule has 0 aromatic heterocycles. The Morgan fingerprint density at radius 3 is 1.19 bits per heavy atom. The molecule has 0 bridgehead atoms. The van der Waals surface area contributed by atoms with Crippen LogP contribution in [0.1, 0.15) is 0 Å². The maximum absolute atomic E-state index is 11.8. The second kappa shape index (κ2) is 4.55. The van der Waals surface area contributed by atoms with Gasteiger partial charge in [0.05, 0.1) is 0 Å². The average molecular weight is 262 g/mol. The molecule has 0 heterocycles. The SMILES string of the molecule is C[S+](C)C1=C(O)C(=O)C([S+](C)C)=C(O)C1=O. The van der Waals surface area contributed by atoms with Gasteiger partial charge in [0.25, 0.3) is 21.4 Å². The molecular weight excluding hydrogens is 248 g/mol. The molecule has 1 aliphatic carbocycles. The molecule has 1 aliphatic rings. The molecule has 4 nitrogen and oxygen atoms in total. The minimum absolute atomic E-state index is 0.0247. The molecule has 6 heteroatoms. The van der Waals surface area contributed by atoms with E-state index in [2.05, 4.69) is 0 Å². The summed E-state index contributed by atoms with van der Waals surface area (Å²) in [5.74, 6) is -2.26. The second-order valence-electron chi connectivity index (χ2n) is 3.65. The van der Waals surface area contributed by atoms with Crippen LogP contribution in [0.25, 0.3) is 0 Å². The van der Waals surface area contributed by atoms with E-state index in [-0.39, 0.29) is 9.81 Å². The van der Waals surface area contributed by atoms with Crippen LogP contribution in [-0.2, 0) is 31.4 Å². The zero-order valence-electron chi connectivity index (χ0n) is 9.53. The summed E-state index contributed by atoms with van der Waals surface area (Å²) in [6, 6.07) is 0. The summed E-state index contributed by atoms with van der Waals surface area (Å²) in [4.78, 5) is 23.6. The third-order valence-corrected chi connectivity index (χ3v) is 4.48. The molecule has 0 aromatic carbocycles. The number of aliphatic hydroxyl groups is 2. The fourth-order valence-electron chi connectivity index (χ4n) is 1.39. The van der Waals surface area contributed by atoms with Crippen molar-refractivity contribution in [2.45, 2.75) is 0 Å². The van der Waals surface area contributed by atoms with E-state index in [1.165, 1.54) is 0 Å². The molecule has 0 amide bonds. The lowest BCUT2D eigenvalue weighted by Crippen LogP contribution is -2.30. The van der Waals surface area contributed by atoms with Crippen molar-refractivity contribution >= 4 is 33.4 Å². The van der Waals surface area contributed by atoms with Gasteiger partial charge in [-0.2, -0.15) is 0 Å². The molecule has 16 heavy (non-hydrogen) atoms. The largest absolute Gasteiger partial charge is 0.500 e. The van der Waals surface area contributed by atoms with Crippen LogP contribution in [0.15, 0.2) is 21.3 Å². The van der Waals surface area contributed by atoms with Gasteiger partial charge in [-0.25, -0.2) is 0 Å². The van der Waals surface area contributed by atoms with Crippen molar-refractivity contribution in [2.24, 2.45) is 0 Å². The van der Waals surface area contributed by atoms with Crippen molar-refractivity contribution in [3.05, 3.63) is 21.3 Å². The summed E-state index contributed by atoms with van der Waals surface area (Å²) in [5.41, 5.74) is 0. The average Bonchev–Trinajstić information content (AvgIpc) is 2.14. The van der Waals surface area contributed by atoms with E-state index in [1.54, 1.807) is 25.0 Å². The van der Waals surface area contributed by atoms with Crippen molar-refractivity contribution in [1.29, 1.82) is 0 Å². The van der Waals surface area contributed by atoms with Crippen LogP contribution in [0.3, 0.4) is 0 Å². The molecule has 88 valence electrons. The Morgan fingerprint density at radius 1 is 0.750 bits per heavy atom. The van der Waals surface area contributed by atoms with Crippen molar-refractivity contribution in [2.75, 3.05) is 25.0 Å². The first-order valence-electron chi connectivity index (χ1n) is 4.40. The Hall–Kier alpha value is -0.880. The first kappa shape index (κ1) is 13.2. The van der Waals surface area contributed by atoms with Gasteiger partial charge in [0.2, 0.25) is 11.5 Å². The van der Waals surface area contributed by atoms with Gasteiger partial charge in [0.1, 0.15) is 25.0 Å². The molecule has 1 rings (SSSR count). The molecule has 0 radical (unpaired) electrons. The van der Waals surface area contributed by atoms with E-state index in [4.69, 9.17) is 0 Å². The summed E-state index contributed by atoms with van der Waals surface area (Å²) in [6.45, 7) is 0. The maximum atomic E-state index is 11.8. The number of carbonyl (C=O) groups is 2. The molecule has 0 spiro atoms. The maximum Gasteiger partial charge on any atom is 0.284 e. The molecule has 0 aromatic rings. The van der Waals surface area contributed by atoms with Crippen LogP contribution in [0, 0.1) is 0 Å². The van der Waals surface area contributed by atoms with Crippen LogP contribution in [-0.4, -0.2) is 46.8 Å². The smallest absolute Gasteiger partial charge is 0.284 e. The molecule has 2 N–H and O–H groups in total. The number of hydrogen-bond donors (Lipinski definition) is 2. The quantitative estimate of drug-likeness (QED) is 0.559. The molecule has 0 unspecified atom stereocenters. The monoisotopic (exact) mass is 262 g/mol. The first-order chi connectivity index (χ1) is 7.29. The molecular formula is C10H14O4S2+2. The van der Waals surface area contributed by atoms with Gasteiger partial charge in [0, 0.05) is 21.8 Å². The number of Topliss-reactive ketones (excluding diaryl/α,β-unsaturated/α-hetero) is 2. The van der Waals surface area contributed by atoms with Gasteiger partial charge in [-0.1, -0.05) is 0 Å². The van der Waals surface area contributed by atoms with Gasteiger partial charge in [0.15, 0.2) is 0 Å². The molecule has 0 fully saturated rings. The minimum Gasteiger partial charge on any atom is -0.500 e. The zero-order valence-corrected chi connectivity index (χ0v) is 11.2. The van der Waals surface area contributed by atoms with Gasteiger partial charge >= 0.3 is 0 Å². The van der Waals surface area contributed by atoms with Gasteiger partial charge < -0.3 is 10.2 Å². The van der Waals surface area contributed by atoms with Crippen molar-refractivity contribution in [3.8, 4) is 0 Å². The second-order valence-corrected chi connectivity index (χ2v) is 7.73. The van der Waals surface area contributed by atoms with E-state index in [1.807, 2.05) is 0 Å². The lowest BCUT2D eigenvalue weighted by atomic mass is 10.1. The molecule has 0 saturated carbocycles. The number of carbonyl (C=O) groups excluding carboxylic acids is 2. The zero-order chi connectivity index (χ0) is 12.6. The van der Waals surface area contributed by atoms with Crippen LogP contribution in [0.5, 0.6) is 0 Å². The van der Waals surface area contributed by atoms with Gasteiger partial charge in [-0.05, 0) is 0 Å². The lowest BCUT2D eigenvalue weighted by Gasteiger charge is -2.12. The summed E-state index contributed by atoms with van der Waals surface area (Å²) in [5, 5.41) is 19.4. The Kier molecular flexibility index (Phi) is 3.75. The summed E-state index contributed by atoms with van der Waals surface area (Å²) < 4.78 is 0. The van der Waals surface area contributed by atoms with E-state index >= 15 is 0 Å². The number of ketones is 2. The topological polar surface area (TPSA) is 74.6 Å². The van der Waals surface area contributed by atoms with Crippen molar-refractivity contribution in [3.63, 3.8) is 0 Å². The third kappa shape index (κ3) is 1.99. The Labute approximate surface area is 99.7 Å². The normalized spacial score (nSPS) is 18.1. The number of allylic oxidation sites excluding steroid dienone is 2. The highest BCUT2D eigenvalue weighted by molar-refractivity contribution is 8.01. The van der Waals surface area contributed by atoms with Gasteiger partial charge in [-0.15, -0.1) is 0 Å². The molecule has 0 aliphatic heterocycles. The Morgan fingerprint density at radius 2 is 1.00 bits per heavy atom. The van der Waals surface area contributed by atoms with Crippen LogP contribution in [0.2, 0.25) is 0 Å². The third-order valence-electron chi connectivity index (χ3n) is 2.09. The van der Waals surface area contributed by atoms with E-state index in [0.717, 1.165) is 0 Å².